The van der Waals surface area contributed by atoms with Crippen LogP contribution in [-0.2, 0) is 11.8 Å². The van der Waals surface area contributed by atoms with Crippen LogP contribution in [-0.4, -0.2) is 45.9 Å². The molecule has 1 amide bonds. The summed E-state index contributed by atoms with van der Waals surface area (Å²) >= 11 is 0. The van der Waals surface area contributed by atoms with E-state index in [1.165, 1.54) is 0 Å². The van der Waals surface area contributed by atoms with Crippen molar-refractivity contribution in [2.75, 3.05) is 13.1 Å². The Morgan fingerprint density at radius 3 is 2.56 bits per heavy atom. The Hall–Kier alpha value is -1.36. The Labute approximate surface area is 95.0 Å². The molecule has 88 valence electrons. The van der Waals surface area contributed by atoms with E-state index >= 15 is 0 Å². The second-order valence-corrected chi connectivity index (χ2v) is 4.37. The Kier molecular flexibility index (Phi) is 2.96. The largest absolute Gasteiger partial charge is 0.372 e. The van der Waals surface area contributed by atoms with E-state index in [2.05, 4.69) is 5.10 Å². The number of ether oxygens (including phenoxy) is 1. The van der Waals surface area contributed by atoms with Gasteiger partial charge in [0.1, 0.15) is 0 Å². The predicted molar refractivity (Wildman–Crippen MR) is 59.1 cm³/mol. The number of aromatic nitrogens is 2. The normalized spacial score (nSPS) is 25.8. The third-order valence-corrected chi connectivity index (χ3v) is 2.66. The van der Waals surface area contributed by atoms with E-state index in [0.29, 0.717) is 18.7 Å². The Morgan fingerprint density at radius 1 is 1.44 bits per heavy atom. The molecule has 1 saturated heterocycles. The van der Waals surface area contributed by atoms with Crippen LogP contribution in [0.1, 0.15) is 24.2 Å². The topological polar surface area (TPSA) is 47.4 Å². The fourth-order valence-corrected chi connectivity index (χ4v) is 2.06. The van der Waals surface area contributed by atoms with Crippen LogP contribution >= 0.6 is 0 Å². The van der Waals surface area contributed by atoms with Crippen LogP contribution in [0.2, 0.25) is 0 Å². The van der Waals surface area contributed by atoms with Crippen LogP contribution in [0.4, 0.5) is 0 Å². The monoisotopic (exact) mass is 223 g/mol. The van der Waals surface area contributed by atoms with Crippen molar-refractivity contribution in [2.24, 2.45) is 7.05 Å². The quantitative estimate of drug-likeness (QED) is 0.703. The summed E-state index contributed by atoms with van der Waals surface area (Å²) in [5, 5.41) is 4.01. The smallest absolute Gasteiger partial charge is 0.257 e. The molecule has 1 aliphatic rings. The summed E-state index contributed by atoms with van der Waals surface area (Å²) in [4.78, 5) is 14.0. The fourth-order valence-electron chi connectivity index (χ4n) is 2.06. The number of hydrogen-bond acceptors (Lipinski definition) is 3. The molecule has 5 heteroatoms. The lowest BCUT2D eigenvalue weighted by atomic mass is 10.2. The van der Waals surface area contributed by atoms with E-state index < -0.39 is 0 Å². The number of hydrogen-bond donors (Lipinski definition) is 0. The highest BCUT2D eigenvalue weighted by molar-refractivity contribution is 5.93. The molecule has 5 nitrogen and oxygen atoms in total. The zero-order valence-electron chi connectivity index (χ0n) is 9.88. The van der Waals surface area contributed by atoms with E-state index in [4.69, 9.17) is 4.74 Å². The van der Waals surface area contributed by atoms with Gasteiger partial charge in [-0.3, -0.25) is 9.48 Å². The number of rotatable bonds is 1. The molecule has 2 heterocycles. The number of carbonyl (C=O) groups excluding carboxylic acids is 1. The molecular weight excluding hydrogens is 206 g/mol. The number of morpholine rings is 1. The van der Waals surface area contributed by atoms with Gasteiger partial charge in [0.25, 0.3) is 5.91 Å². The molecule has 2 unspecified atom stereocenters. The summed E-state index contributed by atoms with van der Waals surface area (Å²) in [5.74, 6) is 0.0371. The SMILES string of the molecule is CC1CN(C(=O)c2cnn(C)c2)CC(C)O1. The van der Waals surface area contributed by atoms with Crippen molar-refractivity contribution in [3.05, 3.63) is 18.0 Å². The first-order valence-corrected chi connectivity index (χ1v) is 5.49. The minimum atomic E-state index is 0.0371. The zero-order valence-corrected chi connectivity index (χ0v) is 9.88. The summed E-state index contributed by atoms with van der Waals surface area (Å²) in [6.45, 7) is 5.27. The van der Waals surface area contributed by atoms with E-state index in [0.717, 1.165) is 0 Å². The minimum Gasteiger partial charge on any atom is -0.372 e. The van der Waals surface area contributed by atoms with Gasteiger partial charge in [-0.05, 0) is 13.8 Å². The van der Waals surface area contributed by atoms with Gasteiger partial charge in [-0.15, -0.1) is 0 Å². The van der Waals surface area contributed by atoms with Gasteiger partial charge in [-0.1, -0.05) is 0 Å². The third kappa shape index (κ3) is 2.24. The lowest BCUT2D eigenvalue weighted by Crippen LogP contribution is -2.48. The molecule has 16 heavy (non-hydrogen) atoms. The maximum Gasteiger partial charge on any atom is 0.257 e. The highest BCUT2D eigenvalue weighted by atomic mass is 16.5. The lowest BCUT2D eigenvalue weighted by Gasteiger charge is -2.35. The first-order valence-electron chi connectivity index (χ1n) is 5.49. The van der Waals surface area contributed by atoms with Gasteiger partial charge < -0.3 is 9.64 Å². The van der Waals surface area contributed by atoms with Crippen LogP contribution < -0.4 is 0 Å². The van der Waals surface area contributed by atoms with Crippen molar-refractivity contribution >= 4 is 5.91 Å². The molecule has 0 N–H and O–H groups in total. The van der Waals surface area contributed by atoms with Crippen molar-refractivity contribution in [1.82, 2.24) is 14.7 Å². The zero-order chi connectivity index (χ0) is 11.7. The van der Waals surface area contributed by atoms with Crippen molar-refractivity contribution in [3.63, 3.8) is 0 Å². The highest BCUT2D eigenvalue weighted by Crippen LogP contribution is 2.13. The van der Waals surface area contributed by atoms with Crippen LogP contribution in [0.5, 0.6) is 0 Å². The molecule has 0 spiro atoms. The van der Waals surface area contributed by atoms with Gasteiger partial charge in [-0.25, -0.2) is 0 Å². The fraction of sp³-hybridized carbons (Fsp3) is 0.636. The predicted octanol–water partition coefficient (Wildman–Crippen LogP) is 0.669. The second-order valence-electron chi connectivity index (χ2n) is 4.37. The second kappa shape index (κ2) is 4.25. The van der Waals surface area contributed by atoms with E-state index in [1.54, 1.807) is 24.1 Å². The highest BCUT2D eigenvalue weighted by Gasteiger charge is 2.26. The summed E-state index contributed by atoms with van der Waals surface area (Å²) in [6.07, 6.45) is 3.55. The van der Waals surface area contributed by atoms with Crippen molar-refractivity contribution in [1.29, 1.82) is 0 Å². The van der Waals surface area contributed by atoms with Gasteiger partial charge >= 0.3 is 0 Å². The molecule has 0 aliphatic carbocycles. The molecule has 0 aromatic carbocycles. The van der Waals surface area contributed by atoms with Crippen molar-refractivity contribution in [3.8, 4) is 0 Å². The average Bonchev–Trinajstić information content (AvgIpc) is 2.62. The van der Waals surface area contributed by atoms with Crippen LogP contribution in [0.15, 0.2) is 12.4 Å². The van der Waals surface area contributed by atoms with Gasteiger partial charge in [0.2, 0.25) is 0 Å². The maximum absolute atomic E-state index is 12.1. The number of carbonyl (C=O) groups is 1. The standard InChI is InChI=1S/C11H17N3O2/c1-8-5-14(6-9(2)16-8)11(15)10-4-12-13(3)7-10/h4,7-9H,5-6H2,1-3H3. The minimum absolute atomic E-state index is 0.0371. The third-order valence-electron chi connectivity index (χ3n) is 2.66. The van der Waals surface area contributed by atoms with Crippen LogP contribution in [0, 0.1) is 0 Å². The first-order chi connectivity index (χ1) is 7.56. The Morgan fingerprint density at radius 2 is 2.06 bits per heavy atom. The maximum atomic E-state index is 12.1. The summed E-state index contributed by atoms with van der Waals surface area (Å²) in [5.41, 5.74) is 0.642. The van der Waals surface area contributed by atoms with Crippen LogP contribution in [0.25, 0.3) is 0 Å². The summed E-state index contributed by atoms with van der Waals surface area (Å²) < 4.78 is 7.23. The van der Waals surface area contributed by atoms with Crippen LogP contribution in [0.3, 0.4) is 0 Å². The Balaban J connectivity index is 2.09. The number of nitrogens with zero attached hydrogens (tertiary/aromatic N) is 3. The summed E-state index contributed by atoms with van der Waals surface area (Å²) in [6, 6.07) is 0. The van der Waals surface area contributed by atoms with E-state index in [1.807, 2.05) is 18.7 Å². The van der Waals surface area contributed by atoms with Gasteiger partial charge in [0.15, 0.2) is 0 Å². The van der Waals surface area contributed by atoms with Gasteiger partial charge in [0, 0.05) is 26.3 Å². The van der Waals surface area contributed by atoms with Crippen molar-refractivity contribution in [2.45, 2.75) is 26.1 Å². The average molecular weight is 223 g/mol. The van der Waals surface area contributed by atoms with Gasteiger partial charge in [-0.2, -0.15) is 5.10 Å². The molecule has 1 aliphatic heterocycles. The van der Waals surface area contributed by atoms with E-state index in [-0.39, 0.29) is 18.1 Å². The number of amides is 1. The molecule has 2 rings (SSSR count). The molecule has 0 bridgehead atoms. The molecule has 2 atom stereocenters. The molecule has 1 aromatic heterocycles. The molecular formula is C11H17N3O2. The molecule has 0 saturated carbocycles. The number of aryl methyl sites for hydroxylation is 1. The summed E-state index contributed by atoms with van der Waals surface area (Å²) in [7, 11) is 1.81. The first kappa shape index (κ1) is 11.1. The lowest BCUT2D eigenvalue weighted by molar-refractivity contribution is -0.0586. The van der Waals surface area contributed by atoms with Gasteiger partial charge in [0.05, 0.1) is 24.0 Å². The van der Waals surface area contributed by atoms with Crippen molar-refractivity contribution < 1.29 is 9.53 Å². The molecule has 1 fully saturated rings. The van der Waals surface area contributed by atoms with E-state index in [9.17, 15) is 4.79 Å². The molecule has 0 radical (unpaired) electrons. The Bertz CT molecular complexity index is 378. The molecule has 1 aromatic rings.